The summed E-state index contributed by atoms with van der Waals surface area (Å²) in [5.41, 5.74) is 2.20. The van der Waals surface area contributed by atoms with Crippen LogP contribution >= 0.6 is 0 Å². The summed E-state index contributed by atoms with van der Waals surface area (Å²) in [6, 6.07) is 21.9. The van der Waals surface area contributed by atoms with E-state index in [2.05, 4.69) is 15.0 Å². The van der Waals surface area contributed by atoms with E-state index in [9.17, 15) is 19.1 Å². The smallest absolute Gasteiger partial charge is 0.450 e. The summed E-state index contributed by atoms with van der Waals surface area (Å²) in [6.07, 6.45) is -0.872. The first-order valence-corrected chi connectivity index (χ1v) is 14.2. The number of likely N-dealkylation sites (tertiary alicyclic amines) is 1. The first-order chi connectivity index (χ1) is 20.9. The highest BCUT2D eigenvalue weighted by Crippen LogP contribution is 2.31. The molecule has 43 heavy (non-hydrogen) atoms. The molecule has 3 aromatic carbocycles. The van der Waals surface area contributed by atoms with Gasteiger partial charge in [-0.1, -0.05) is 65.8 Å². The second kappa shape index (κ2) is 12.3. The summed E-state index contributed by atoms with van der Waals surface area (Å²) in [4.78, 5) is 33.0. The minimum atomic E-state index is -1.44. The number of halogens is 1. The number of carbonyl (C=O) groups is 2. The Morgan fingerprint density at radius 3 is 2.28 bits per heavy atom. The van der Waals surface area contributed by atoms with E-state index in [1.54, 1.807) is 17.0 Å². The Balaban J connectivity index is 1.08. The Morgan fingerprint density at radius 2 is 1.60 bits per heavy atom. The number of amides is 1. The topological polar surface area (TPSA) is 118 Å². The van der Waals surface area contributed by atoms with Crippen LogP contribution in [0.5, 0.6) is 0 Å². The molecule has 2 aliphatic heterocycles. The molecule has 6 rings (SSSR count). The fraction of sp³-hybridized carbons (Fsp3) is 0.312. The second-order valence-corrected chi connectivity index (χ2v) is 10.7. The van der Waals surface area contributed by atoms with Gasteiger partial charge in [-0.3, -0.25) is 9.69 Å². The Bertz CT molecular complexity index is 1580. The molecule has 222 valence electrons. The van der Waals surface area contributed by atoms with Crippen molar-refractivity contribution in [2.45, 2.75) is 25.0 Å². The molecular formula is C32H31FN4O6. The van der Waals surface area contributed by atoms with Crippen LogP contribution in [0.25, 0.3) is 34.0 Å². The Morgan fingerprint density at radius 1 is 0.907 bits per heavy atom. The highest BCUT2D eigenvalue weighted by Gasteiger charge is 2.47. The number of nitrogens with zero attached hydrogens (tertiary/aromatic N) is 4. The number of piperidine rings is 1. The van der Waals surface area contributed by atoms with Crippen molar-refractivity contribution in [2.24, 2.45) is 0 Å². The predicted molar refractivity (Wildman–Crippen MR) is 154 cm³/mol. The van der Waals surface area contributed by atoms with Gasteiger partial charge >= 0.3 is 6.16 Å². The lowest BCUT2D eigenvalue weighted by molar-refractivity contribution is -0.163. The molecule has 0 unspecified atom stereocenters. The van der Waals surface area contributed by atoms with Gasteiger partial charge in [0, 0.05) is 62.3 Å². The average Bonchev–Trinajstić information content (AvgIpc) is 3.53. The highest BCUT2D eigenvalue weighted by atomic mass is 19.1. The van der Waals surface area contributed by atoms with Crippen LogP contribution in [0, 0.1) is 5.82 Å². The third-order valence-electron chi connectivity index (χ3n) is 7.98. The van der Waals surface area contributed by atoms with Crippen molar-refractivity contribution >= 4 is 12.1 Å². The minimum Gasteiger partial charge on any atom is -0.450 e. The van der Waals surface area contributed by atoms with Crippen LogP contribution in [0.15, 0.2) is 77.3 Å². The van der Waals surface area contributed by atoms with Gasteiger partial charge in [-0.05, 0) is 23.3 Å². The van der Waals surface area contributed by atoms with Crippen LogP contribution in [-0.4, -0.2) is 82.1 Å². The first kappa shape index (κ1) is 28.5. The molecule has 0 spiro atoms. The average molecular weight is 587 g/mol. The SMILES string of the molecule is O=C(O)OC1(C(=O)N2CCOCC2)CCN(Cc2ccc(-c3noc(-c4ccc(-c5ccccc5)c(F)c4)n3)cc2)CC1. The van der Waals surface area contributed by atoms with Crippen molar-refractivity contribution in [1.82, 2.24) is 19.9 Å². The third-order valence-corrected chi connectivity index (χ3v) is 7.98. The van der Waals surface area contributed by atoms with E-state index in [1.807, 2.05) is 54.6 Å². The summed E-state index contributed by atoms with van der Waals surface area (Å²) in [5.74, 6) is -0.0341. The van der Waals surface area contributed by atoms with Crippen molar-refractivity contribution in [3.05, 3.63) is 84.2 Å². The molecule has 2 fully saturated rings. The molecule has 0 radical (unpaired) electrons. The van der Waals surface area contributed by atoms with E-state index >= 15 is 0 Å². The van der Waals surface area contributed by atoms with Crippen LogP contribution in [0.4, 0.5) is 9.18 Å². The van der Waals surface area contributed by atoms with E-state index in [0.717, 1.165) is 16.7 Å². The quantitative estimate of drug-likeness (QED) is 0.295. The number of ether oxygens (including phenoxy) is 2. The molecule has 2 saturated heterocycles. The number of aromatic nitrogens is 2. The van der Waals surface area contributed by atoms with Gasteiger partial charge in [-0.25, -0.2) is 9.18 Å². The van der Waals surface area contributed by atoms with E-state index in [-0.39, 0.29) is 30.5 Å². The molecule has 0 saturated carbocycles. The molecule has 1 aromatic heterocycles. The summed E-state index contributed by atoms with van der Waals surface area (Å²) in [5, 5.41) is 13.5. The lowest BCUT2D eigenvalue weighted by atomic mass is 9.89. The van der Waals surface area contributed by atoms with Gasteiger partial charge in [-0.15, -0.1) is 0 Å². The lowest BCUT2D eigenvalue weighted by Gasteiger charge is -2.42. The van der Waals surface area contributed by atoms with Crippen LogP contribution in [0.2, 0.25) is 0 Å². The van der Waals surface area contributed by atoms with Crippen molar-refractivity contribution in [3.8, 4) is 34.0 Å². The zero-order valence-corrected chi connectivity index (χ0v) is 23.4. The van der Waals surface area contributed by atoms with Gasteiger partial charge in [0.25, 0.3) is 11.8 Å². The van der Waals surface area contributed by atoms with Crippen LogP contribution in [0.3, 0.4) is 0 Å². The molecule has 0 atom stereocenters. The largest absolute Gasteiger partial charge is 0.506 e. The normalized spacial score (nSPS) is 17.0. The van der Waals surface area contributed by atoms with E-state index in [4.69, 9.17) is 14.0 Å². The van der Waals surface area contributed by atoms with Crippen LogP contribution in [0.1, 0.15) is 18.4 Å². The number of hydrogen-bond donors (Lipinski definition) is 1. The molecule has 10 nitrogen and oxygen atoms in total. The highest BCUT2D eigenvalue weighted by molar-refractivity contribution is 5.87. The molecule has 4 aromatic rings. The third kappa shape index (κ3) is 6.27. The van der Waals surface area contributed by atoms with E-state index < -0.39 is 11.8 Å². The molecule has 1 N–H and O–H groups in total. The number of morpholine rings is 1. The van der Waals surface area contributed by atoms with Gasteiger partial charge in [0.05, 0.1) is 13.2 Å². The van der Waals surface area contributed by atoms with Crippen molar-refractivity contribution < 1.29 is 33.1 Å². The molecular weight excluding hydrogens is 555 g/mol. The number of carbonyl (C=O) groups excluding carboxylic acids is 1. The fourth-order valence-electron chi connectivity index (χ4n) is 5.63. The summed E-state index contributed by atoms with van der Waals surface area (Å²) < 4.78 is 30.9. The number of hydrogen-bond acceptors (Lipinski definition) is 8. The van der Waals surface area contributed by atoms with Gasteiger partial charge in [0.2, 0.25) is 5.82 Å². The number of rotatable bonds is 7. The lowest BCUT2D eigenvalue weighted by Crippen LogP contribution is -2.58. The fourth-order valence-corrected chi connectivity index (χ4v) is 5.63. The molecule has 11 heteroatoms. The molecule has 1 amide bonds. The zero-order chi connectivity index (χ0) is 29.8. The summed E-state index contributed by atoms with van der Waals surface area (Å²) in [6.45, 7) is 3.38. The minimum absolute atomic E-state index is 0.226. The predicted octanol–water partition coefficient (Wildman–Crippen LogP) is 5.10. The molecule has 2 aliphatic rings. The van der Waals surface area contributed by atoms with Crippen LogP contribution in [-0.2, 0) is 20.8 Å². The molecule has 3 heterocycles. The Kier molecular flexibility index (Phi) is 8.17. The number of benzene rings is 3. The van der Waals surface area contributed by atoms with Gasteiger partial charge in [0.15, 0.2) is 5.60 Å². The van der Waals surface area contributed by atoms with Crippen molar-refractivity contribution in [3.63, 3.8) is 0 Å². The van der Waals surface area contributed by atoms with Gasteiger partial charge in [-0.2, -0.15) is 4.98 Å². The standard InChI is InChI=1S/C32H31FN4O6/c33-27-20-25(10-11-26(27)23-4-2-1-3-5-23)29-34-28(35-43-29)24-8-6-22(7-9-24)21-36-14-12-32(13-15-36,42-31(39)40)30(38)37-16-18-41-19-17-37/h1-11,20H,12-19,21H2,(H,39,40). The first-order valence-electron chi connectivity index (χ1n) is 14.2. The van der Waals surface area contributed by atoms with Crippen molar-refractivity contribution in [2.75, 3.05) is 39.4 Å². The van der Waals surface area contributed by atoms with E-state index in [0.29, 0.717) is 62.9 Å². The zero-order valence-electron chi connectivity index (χ0n) is 23.4. The molecule has 0 aliphatic carbocycles. The monoisotopic (exact) mass is 586 g/mol. The summed E-state index contributed by atoms with van der Waals surface area (Å²) >= 11 is 0. The second-order valence-electron chi connectivity index (χ2n) is 10.7. The maximum absolute atomic E-state index is 14.9. The Hall–Kier alpha value is -4.61. The van der Waals surface area contributed by atoms with Crippen molar-refractivity contribution in [1.29, 1.82) is 0 Å². The maximum Gasteiger partial charge on any atom is 0.506 e. The van der Waals surface area contributed by atoms with Gasteiger partial charge in [0.1, 0.15) is 5.82 Å². The van der Waals surface area contributed by atoms with Crippen LogP contribution < -0.4 is 0 Å². The number of carboxylic acid groups (broad SMARTS) is 1. The summed E-state index contributed by atoms with van der Waals surface area (Å²) in [7, 11) is 0. The molecule has 0 bridgehead atoms. The van der Waals surface area contributed by atoms with Gasteiger partial charge < -0.3 is 24.0 Å². The maximum atomic E-state index is 14.9. The van der Waals surface area contributed by atoms with E-state index in [1.165, 1.54) is 6.07 Å². The Labute approximate surface area is 247 Å².